The fourth-order valence-electron chi connectivity index (χ4n) is 3.52. The molecule has 33 heavy (non-hydrogen) atoms. The molecular weight excluding hydrogens is 435 g/mol. The molecule has 0 amide bonds. The Morgan fingerprint density at radius 2 is 1.88 bits per heavy atom. The second-order valence-electron chi connectivity index (χ2n) is 7.40. The number of alkyl halides is 3. The van der Waals surface area contributed by atoms with Gasteiger partial charge in [-0.3, -0.25) is 4.98 Å². The summed E-state index contributed by atoms with van der Waals surface area (Å²) in [7, 11) is 1.55. The number of hydrogen-bond donors (Lipinski definition) is 2. The minimum atomic E-state index is -4.55. The largest absolute Gasteiger partial charge is 0.494 e. The van der Waals surface area contributed by atoms with E-state index >= 15 is 0 Å². The van der Waals surface area contributed by atoms with Crippen LogP contribution in [0.25, 0.3) is 0 Å². The van der Waals surface area contributed by atoms with E-state index in [1.165, 1.54) is 6.07 Å². The highest BCUT2D eigenvalue weighted by Gasteiger charge is 2.34. The lowest BCUT2D eigenvalue weighted by molar-refractivity contribution is -0.137. The van der Waals surface area contributed by atoms with Crippen LogP contribution in [-0.2, 0) is 17.5 Å². The number of halogens is 3. The van der Waals surface area contributed by atoms with Gasteiger partial charge in [0.1, 0.15) is 11.6 Å². The maximum Gasteiger partial charge on any atom is 0.419 e. The van der Waals surface area contributed by atoms with Crippen LogP contribution in [0, 0.1) is 0 Å². The summed E-state index contributed by atoms with van der Waals surface area (Å²) >= 11 is 0. The highest BCUT2D eigenvalue weighted by atomic mass is 19.4. The molecular formula is C23H24F3N5O2. The van der Waals surface area contributed by atoms with E-state index in [-0.39, 0.29) is 18.1 Å². The SMILES string of the molecule is COc1cc(N2CCOCC2)ccc1Nc1cc(NCc2ccccn2)c(C(F)(F)F)cn1. The summed E-state index contributed by atoms with van der Waals surface area (Å²) in [6.07, 6.45) is -2.14. The van der Waals surface area contributed by atoms with E-state index in [1.54, 1.807) is 31.5 Å². The summed E-state index contributed by atoms with van der Waals surface area (Å²) in [6, 6.07) is 12.2. The van der Waals surface area contributed by atoms with Crippen molar-refractivity contribution in [1.29, 1.82) is 0 Å². The number of benzene rings is 1. The van der Waals surface area contributed by atoms with Crippen molar-refractivity contribution < 1.29 is 22.6 Å². The van der Waals surface area contributed by atoms with Crippen LogP contribution < -0.4 is 20.3 Å². The van der Waals surface area contributed by atoms with E-state index in [0.717, 1.165) is 25.0 Å². The molecule has 0 atom stereocenters. The third-order valence-corrected chi connectivity index (χ3v) is 5.22. The maximum absolute atomic E-state index is 13.5. The summed E-state index contributed by atoms with van der Waals surface area (Å²) in [5.41, 5.74) is 1.27. The molecule has 174 valence electrons. The first-order valence-corrected chi connectivity index (χ1v) is 10.4. The Balaban J connectivity index is 1.57. The number of nitrogens with one attached hydrogen (secondary N) is 2. The number of morpholine rings is 1. The predicted octanol–water partition coefficient (Wildman–Crippen LogP) is 4.70. The van der Waals surface area contributed by atoms with Crippen LogP contribution in [0.2, 0.25) is 0 Å². The number of pyridine rings is 2. The molecule has 1 aliphatic rings. The summed E-state index contributed by atoms with van der Waals surface area (Å²) in [6.45, 7) is 3.02. The van der Waals surface area contributed by atoms with Gasteiger partial charge in [0.05, 0.1) is 49.5 Å². The first-order valence-electron chi connectivity index (χ1n) is 10.4. The van der Waals surface area contributed by atoms with Crippen molar-refractivity contribution in [3.05, 3.63) is 66.1 Å². The van der Waals surface area contributed by atoms with Gasteiger partial charge in [-0.1, -0.05) is 6.07 Å². The van der Waals surface area contributed by atoms with Gasteiger partial charge in [-0.05, 0) is 24.3 Å². The van der Waals surface area contributed by atoms with Crippen molar-refractivity contribution in [1.82, 2.24) is 9.97 Å². The molecule has 10 heteroatoms. The molecule has 1 aliphatic heterocycles. The first kappa shape index (κ1) is 22.7. The maximum atomic E-state index is 13.5. The zero-order valence-corrected chi connectivity index (χ0v) is 18.0. The van der Waals surface area contributed by atoms with E-state index < -0.39 is 11.7 Å². The molecule has 3 aromatic rings. The molecule has 0 aliphatic carbocycles. The summed E-state index contributed by atoms with van der Waals surface area (Å²) in [5.74, 6) is 0.813. The molecule has 4 rings (SSSR count). The van der Waals surface area contributed by atoms with Crippen molar-refractivity contribution >= 4 is 22.9 Å². The normalized spacial score (nSPS) is 14.1. The Hall–Kier alpha value is -3.53. The zero-order chi connectivity index (χ0) is 23.3. The molecule has 0 radical (unpaired) electrons. The lowest BCUT2D eigenvalue weighted by Crippen LogP contribution is -2.36. The van der Waals surface area contributed by atoms with E-state index in [0.29, 0.717) is 30.3 Å². The Kier molecular flexibility index (Phi) is 6.83. The molecule has 0 unspecified atom stereocenters. The standard InChI is InChI=1S/C23H24F3N5O2/c1-32-21-12-17(31-8-10-33-11-9-31)5-6-19(21)30-22-13-20(18(15-29-22)23(24,25)26)28-14-16-4-2-3-7-27-16/h2-7,12-13,15H,8-11,14H2,1H3,(H2,28,29,30). The lowest BCUT2D eigenvalue weighted by Gasteiger charge is -2.29. The molecule has 2 N–H and O–H groups in total. The van der Waals surface area contributed by atoms with Crippen molar-refractivity contribution in [3.8, 4) is 5.75 Å². The molecule has 1 fully saturated rings. The lowest BCUT2D eigenvalue weighted by atomic mass is 10.2. The number of nitrogens with zero attached hydrogens (tertiary/aromatic N) is 3. The Morgan fingerprint density at radius 1 is 1.06 bits per heavy atom. The number of methoxy groups -OCH3 is 1. The topological polar surface area (TPSA) is 71.5 Å². The number of ether oxygens (including phenoxy) is 2. The van der Waals surface area contributed by atoms with Crippen LogP contribution in [0.15, 0.2) is 54.9 Å². The van der Waals surface area contributed by atoms with Gasteiger partial charge in [0.2, 0.25) is 0 Å². The zero-order valence-electron chi connectivity index (χ0n) is 18.0. The molecule has 3 heterocycles. The molecule has 0 saturated carbocycles. The van der Waals surface area contributed by atoms with Crippen molar-refractivity contribution in [2.24, 2.45) is 0 Å². The van der Waals surface area contributed by atoms with E-state index in [9.17, 15) is 13.2 Å². The van der Waals surface area contributed by atoms with Gasteiger partial charge in [-0.15, -0.1) is 0 Å². The van der Waals surface area contributed by atoms with Gasteiger partial charge in [0.15, 0.2) is 0 Å². The third-order valence-electron chi connectivity index (χ3n) is 5.22. The van der Waals surface area contributed by atoms with Crippen molar-refractivity contribution in [3.63, 3.8) is 0 Å². The van der Waals surface area contributed by atoms with Crippen LogP contribution in [0.1, 0.15) is 11.3 Å². The van der Waals surface area contributed by atoms with Gasteiger partial charge in [-0.2, -0.15) is 13.2 Å². The van der Waals surface area contributed by atoms with Crippen molar-refractivity contribution in [2.75, 3.05) is 48.9 Å². The highest BCUT2D eigenvalue weighted by molar-refractivity contribution is 5.71. The molecule has 1 aromatic carbocycles. The van der Waals surface area contributed by atoms with Gasteiger partial charge in [-0.25, -0.2) is 4.98 Å². The van der Waals surface area contributed by atoms with Gasteiger partial charge < -0.3 is 25.0 Å². The van der Waals surface area contributed by atoms with Crippen LogP contribution >= 0.6 is 0 Å². The predicted molar refractivity (Wildman–Crippen MR) is 120 cm³/mol. The minimum absolute atomic E-state index is 0.0884. The summed E-state index contributed by atoms with van der Waals surface area (Å²) in [5, 5.41) is 5.90. The average Bonchev–Trinajstić information content (AvgIpc) is 2.83. The van der Waals surface area contributed by atoms with Gasteiger partial charge in [0.25, 0.3) is 0 Å². The third kappa shape index (κ3) is 5.64. The fraction of sp³-hybridized carbons (Fsp3) is 0.304. The molecule has 2 aromatic heterocycles. The van der Waals surface area contributed by atoms with Gasteiger partial charge >= 0.3 is 6.18 Å². The Labute approximate surface area is 189 Å². The second kappa shape index (κ2) is 9.95. The minimum Gasteiger partial charge on any atom is -0.494 e. The van der Waals surface area contributed by atoms with E-state index in [2.05, 4.69) is 25.5 Å². The fourth-order valence-corrected chi connectivity index (χ4v) is 3.52. The number of rotatable bonds is 7. The smallest absolute Gasteiger partial charge is 0.419 e. The average molecular weight is 459 g/mol. The van der Waals surface area contributed by atoms with Crippen LogP contribution in [0.5, 0.6) is 5.75 Å². The van der Waals surface area contributed by atoms with E-state index in [4.69, 9.17) is 9.47 Å². The highest BCUT2D eigenvalue weighted by Crippen LogP contribution is 2.37. The van der Waals surface area contributed by atoms with E-state index in [1.807, 2.05) is 18.2 Å². The van der Waals surface area contributed by atoms with Crippen LogP contribution in [0.4, 0.5) is 36.1 Å². The van der Waals surface area contributed by atoms with Crippen molar-refractivity contribution in [2.45, 2.75) is 12.7 Å². The quantitative estimate of drug-likeness (QED) is 0.531. The molecule has 0 bridgehead atoms. The van der Waals surface area contributed by atoms with Gasteiger partial charge in [0, 0.05) is 43.3 Å². The summed E-state index contributed by atoms with van der Waals surface area (Å²) < 4.78 is 51.5. The second-order valence-corrected chi connectivity index (χ2v) is 7.40. The number of aromatic nitrogens is 2. The Morgan fingerprint density at radius 3 is 2.58 bits per heavy atom. The summed E-state index contributed by atoms with van der Waals surface area (Å²) in [4.78, 5) is 10.3. The van der Waals surface area contributed by atoms with Crippen LogP contribution in [-0.4, -0.2) is 43.4 Å². The molecule has 0 spiro atoms. The first-order chi connectivity index (χ1) is 15.9. The number of anilines is 4. The monoisotopic (exact) mass is 459 g/mol. The van der Waals surface area contributed by atoms with Crippen LogP contribution in [0.3, 0.4) is 0 Å². The molecule has 1 saturated heterocycles. The molecule has 7 nitrogen and oxygen atoms in total. The Bertz CT molecular complexity index is 1070. The number of hydrogen-bond acceptors (Lipinski definition) is 7.